The van der Waals surface area contributed by atoms with Crippen molar-refractivity contribution in [2.75, 3.05) is 18.0 Å². The van der Waals surface area contributed by atoms with Gasteiger partial charge in [-0.2, -0.15) is 13.2 Å². The van der Waals surface area contributed by atoms with Crippen molar-refractivity contribution in [3.8, 4) is 0 Å². The average Bonchev–Trinajstić information content (AvgIpc) is 3.17. The van der Waals surface area contributed by atoms with Gasteiger partial charge >= 0.3 is 6.18 Å². The van der Waals surface area contributed by atoms with Crippen LogP contribution in [-0.4, -0.2) is 32.5 Å². The Kier molecular flexibility index (Phi) is 4.54. The van der Waals surface area contributed by atoms with Gasteiger partial charge in [-0.15, -0.1) is 11.3 Å². The second-order valence-corrected chi connectivity index (χ2v) is 7.98. The third kappa shape index (κ3) is 3.70. The molecule has 0 bridgehead atoms. The first-order valence-electron chi connectivity index (χ1n) is 7.10. The lowest BCUT2D eigenvalue weighted by Crippen LogP contribution is -2.37. The smallest absolute Gasteiger partial charge is 0.346 e. The summed E-state index contributed by atoms with van der Waals surface area (Å²) in [5, 5.41) is 2.67. The van der Waals surface area contributed by atoms with E-state index in [-0.39, 0.29) is 10.9 Å². The van der Waals surface area contributed by atoms with Crippen LogP contribution in [0.15, 0.2) is 40.7 Å². The molecule has 1 fully saturated rings. The van der Waals surface area contributed by atoms with Gasteiger partial charge in [-0.25, -0.2) is 18.1 Å². The highest BCUT2D eigenvalue weighted by Crippen LogP contribution is 2.30. The number of nitrogens with zero attached hydrogens (tertiary/aromatic N) is 2. The fourth-order valence-corrected chi connectivity index (χ4v) is 4.45. The number of hydrogen-bond acceptors (Lipinski definition) is 5. The minimum Gasteiger partial charge on any atom is -0.346 e. The second kappa shape index (κ2) is 6.34. The van der Waals surface area contributed by atoms with E-state index < -0.39 is 21.8 Å². The highest BCUT2D eigenvalue weighted by molar-refractivity contribution is 7.89. The summed E-state index contributed by atoms with van der Waals surface area (Å²) in [5.41, 5.74) is -0.878. The Morgan fingerprint density at radius 2 is 1.96 bits per heavy atom. The first-order chi connectivity index (χ1) is 11.3. The zero-order valence-corrected chi connectivity index (χ0v) is 14.0. The number of aromatic nitrogens is 1. The van der Waals surface area contributed by atoms with Crippen LogP contribution in [0.2, 0.25) is 0 Å². The van der Waals surface area contributed by atoms with Crippen LogP contribution in [0, 0.1) is 0 Å². The first kappa shape index (κ1) is 17.2. The van der Waals surface area contributed by atoms with Crippen LogP contribution in [0.1, 0.15) is 12.0 Å². The molecule has 1 saturated heterocycles. The van der Waals surface area contributed by atoms with Crippen LogP contribution in [0.25, 0.3) is 0 Å². The first-order valence-corrected chi connectivity index (χ1v) is 9.46. The van der Waals surface area contributed by atoms with Gasteiger partial charge in [-0.3, -0.25) is 0 Å². The molecule has 2 heterocycles. The molecule has 1 aliphatic rings. The fourth-order valence-electron chi connectivity index (χ4n) is 2.51. The normalized spacial score (nSPS) is 19.0. The van der Waals surface area contributed by atoms with E-state index in [0.29, 0.717) is 19.5 Å². The molecule has 0 aliphatic carbocycles. The van der Waals surface area contributed by atoms with Crippen molar-refractivity contribution < 1.29 is 21.6 Å². The highest BCUT2D eigenvalue weighted by atomic mass is 32.2. The highest BCUT2D eigenvalue weighted by Gasteiger charge is 2.32. The molecule has 0 radical (unpaired) electrons. The summed E-state index contributed by atoms with van der Waals surface area (Å²) in [6.07, 6.45) is -2.20. The quantitative estimate of drug-likeness (QED) is 0.890. The Morgan fingerprint density at radius 1 is 1.25 bits per heavy atom. The molecule has 1 aliphatic heterocycles. The van der Waals surface area contributed by atoms with Crippen LogP contribution >= 0.6 is 11.3 Å². The molecular weight excluding hydrogens is 363 g/mol. The summed E-state index contributed by atoms with van der Waals surface area (Å²) >= 11 is 1.47. The minimum absolute atomic E-state index is 0.178. The Hall–Kier alpha value is -1.65. The number of sulfonamides is 1. The number of benzene rings is 1. The van der Waals surface area contributed by atoms with Crippen LogP contribution in [0.4, 0.5) is 18.3 Å². The van der Waals surface area contributed by atoms with Crippen molar-refractivity contribution >= 4 is 26.5 Å². The molecule has 0 unspecified atom stereocenters. The number of anilines is 1. The van der Waals surface area contributed by atoms with Crippen molar-refractivity contribution in [2.24, 2.45) is 0 Å². The molecule has 1 aromatic heterocycles. The molecule has 2 aromatic rings. The van der Waals surface area contributed by atoms with E-state index in [9.17, 15) is 21.6 Å². The van der Waals surface area contributed by atoms with Gasteiger partial charge in [0, 0.05) is 30.7 Å². The van der Waals surface area contributed by atoms with Crippen LogP contribution in [0.5, 0.6) is 0 Å². The maximum atomic E-state index is 12.5. The van der Waals surface area contributed by atoms with Gasteiger partial charge in [0.05, 0.1) is 10.5 Å². The van der Waals surface area contributed by atoms with Crippen molar-refractivity contribution in [1.29, 1.82) is 0 Å². The molecule has 0 saturated carbocycles. The predicted molar refractivity (Wildman–Crippen MR) is 84.5 cm³/mol. The lowest BCUT2D eigenvalue weighted by atomic mass is 10.2. The summed E-state index contributed by atoms with van der Waals surface area (Å²) in [6, 6.07) is 3.18. The van der Waals surface area contributed by atoms with E-state index in [1.54, 1.807) is 6.20 Å². The zero-order chi connectivity index (χ0) is 17.4. The summed E-state index contributed by atoms with van der Waals surface area (Å²) in [4.78, 5) is 5.98. The molecule has 0 amide bonds. The standard InChI is InChI=1S/C14H14F3N3O2S2/c15-14(16,17)10-1-3-12(4-2-10)24(21,22)19-11-5-7-20(9-11)13-18-6-8-23-13/h1-4,6,8,11,19H,5,7,9H2/t11-/m1/s1. The summed E-state index contributed by atoms with van der Waals surface area (Å²) < 4.78 is 64.8. The summed E-state index contributed by atoms with van der Waals surface area (Å²) in [6.45, 7) is 1.15. The van der Waals surface area contributed by atoms with E-state index >= 15 is 0 Å². The van der Waals surface area contributed by atoms with Gasteiger partial charge in [0.15, 0.2) is 5.13 Å². The number of nitrogens with one attached hydrogen (secondary N) is 1. The monoisotopic (exact) mass is 377 g/mol. The van der Waals surface area contributed by atoms with Gasteiger partial charge in [-0.05, 0) is 30.7 Å². The molecule has 130 valence electrons. The lowest BCUT2D eigenvalue weighted by molar-refractivity contribution is -0.137. The number of alkyl halides is 3. The van der Waals surface area contributed by atoms with Crippen LogP contribution in [0.3, 0.4) is 0 Å². The van der Waals surface area contributed by atoms with E-state index in [2.05, 4.69) is 9.71 Å². The Labute approximate surface area is 141 Å². The SMILES string of the molecule is O=S(=O)(N[C@@H]1CCN(c2nccs2)C1)c1ccc(C(F)(F)F)cc1. The molecule has 0 spiro atoms. The molecule has 1 atom stereocenters. The second-order valence-electron chi connectivity index (χ2n) is 5.39. The van der Waals surface area contributed by atoms with Gasteiger partial charge < -0.3 is 4.90 Å². The van der Waals surface area contributed by atoms with Gasteiger partial charge in [0.2, 0.25) is 10.0 Å². The van der Waals surface area contributed by atoms with E-state index in [1.165, 1.54) is 11.3 Å². The summed E-state index contributed by atoms with van der Waals surface area (Å²) in [7, 11) is -3.86. The van der Waals surface area contributed by atoms with Gasteiger partial charge in [0.1, 0.15) is 0 Å². The lowest BCUT2D eigenvalue weighted by Gasteiger charge is -2.16. The molecule has 5 nitrogen and oxygen atoms in total. The minimum atomic E-state index is -4.49. The number of halogens is 3. The maximum absolute atomic E-state index is 12.5. The van der Waals surface area contributed by atoms with E-state index in [0.717, 1.165) is 29.4 Å². The van der Waals surface area contributed by atoms with Crippen molar-refractivity contribution in [2.45, 2.75) is 23.5 Å². The molecule has 10 heteroatoms. The largest absolute Gasteiger partial charge is 0.416 e. The predicted octanol–water partition coefficient (Wildman–Crippen LogP) is 2.72. The van der Waals surface area contributed by atoms with Crippen molar-refractivity contribution in [3.63, 3.8) is 0 Å². The van der Waals surface area contributed by atoms with Crippen LogP contribution < -0.4 is 9.62 Å². The van der Waals surface area contributed by atoms with E-state index in [1.807, 2.05) is 10.3 Å². The maximum Gasteiger partial charge on any atom is 0.416 e. The van der Waals surface area contributed by atoms with E-state index in [4.69, 9.17) is 0 Å². The van der Waals surface area contributed by atoms with Crippen molar-refractivity contribution in [1.82, 2.24) is 9.71 Å². The Bertz CT molecular complexity index is 790. The molecular formula is C14H14F3N3O2S2. The van der Waals surface area contributed by atoms with Crippen molar-refractivity contribution in [3.05, 3.63) is 41.4 Å². The zero-order valence-electron chi connectivity index (χ0n) is 12.3. The Balaban J connectivity index is 1.68. The summed E-state index contributed by atoms with van der Waals surface area (Å²) in [5.74, 6) is 0. The molecule has 3 rings (SSSR count). The van der Waals surface area contributed by atoms with Gasteiger partial charge in [-0.1, -0.05) is 0 Å². The van der Waals surface area contributed by atoms with Crippen LogP contribution in [-0.2, 0) is 16.2 Å². The molecule has 1 aromatic carbocycles. The molecule has 24 heavy (non-hydrogen) atoms. The number of hydrogen-bond donors (Lipinski definition) is 1. The topological polar surface area (TPSA) is 62.3 Å². The Morgan fingerprint density at radius 3 is 2.54 bits per heavy atom. The number of thiazole rings is 1. The van der Waals surface area contributed by atoms with Gasteiger partial charge in [0.25, 0.3) is 0 Å². The number of rotatable bonds is 4. The third-order valence-corrected chi connectivity index (χ3v) is 6.06. The average molecular weight is 377 g/mol. The fraction of sp³-hybridized carbons (Fsp3) is 0.357. The molecule has 1 N–H and O–H groups in total. The third-order valence-electron chi connectivity index (χ3n) is 3.69.